The normalized spacial score (nSPS) is 12.7. The Morgan fingerprint density at radius 1 is 1.05 bits per heavy atom. The molecule has 0 saturated carbocycles. The van der Waals surface area contributed by atoms with Crippen molar-refractivity contribution in [3.63, 3.8) is 0 Å². The maximum atomic E-state index is 3.63. The number of aromatic nitrogens is 1. The minimum atomic E-state index is 0.354. The van der Waals surface area contributed by atoms with Crippen LogP contribution in [0.4, 0.5) is 0 Å². The highest BCUT2D eigenvalue weighted by Crippen LogP contribution is 2.20. The summed E-state index contributed by atoms with van der Waals surface area (Å²) in [6.45, 7) is 7.45. The Bertz CT molecular complexity index is 755. The monoisotopic (exact) mass is 278 g/mol. The summed E-state index contributed by atoms with van der Waals surface area (Å²) < 4.78 is 0. The third-order valence-corrected chi connectivity index (χ3v) is 4.13. The second kappa shape index (κ2) is 5.74. The second-order valence-electron chi connectivity index (χ2n) is 5.86. The molecule has 2 aromatic carbocycles. The van der Waals surface area contributed by atoms with Crippen LogP contribution >= 0.6 is 0 Å². The molecule has 108 valence electrons. The van der Waals surface area contributed by atoms with Crippen LogP contribution in [-0.4, -0.2) is 4.98 Å². The van der Waals surface area contributed by atoms with Crippen LogP contribution in [0.2, 0.25) is 0 Å². The average Bonchev–Trinajstić information content (AvgIpc) is 2.94. The molecule has 2 N–H and O–H groups in total. The molecule has 2 nitrogen and oxygen atoms in total. The lowest BCUT2D eigenvalue weighted by Crippen LogP contribution is -2.19. The molecule has 0 aliphatic heterocycles. The van der Waals surface area contributed by atoms with Gasteiger partial charge in [0.05, 0.1) is 0 Å². The topological polar surface area (TPSA) is 27.8 Å². The molecule has 0 fully saturated rings. The van der Waals surface area contributed by atoms with E-state index in [1.807, 2.05) is 6.20 Å². The van der Waals surface area contributed by atoms with E-state index >= 15 is 0 Å². The molecule has 1 heterocycles. The SMILES string of the molecule is Cc1ccc(C)c(C(C)NCc2ccc3[nH]ccc3c2)c1. The first-order chi connectivity index (χ1) is 10.1. The minimum Gasteiger partial charge on any atom is -0.361 e. The van der Waals surface area contributed by atoms with E-state index in [0.29, 0.717) is 6.04 Å². The number of rotatable bonds is 4. The van der Waals surface area contributed by atoms with E-state index in [2.05, 4.69) is 73.5 Å². The predicted molar refractivity (Wildman–Crippen MR) is 89.5 cm³/mol. The molecule has 0 amide bonds. The molecule has 0 aliphatic carbocycles. The molecular weight excluding hydrogens is 256 g/mol. The maximum Gasteiger partial charge on any atom is 0.0454 e. The van der Waals surface area contributed by atoms with E-state index in [-0.39, 0.29) is 0 Å². The molecule has 1 atom stereocenters. The molecule has 1 unspecified atom stereocenters. The van der Waals surface area contributed by atoms with Crippen molar-refractivity contribution in [2.24, 2.45) is 0 Å². The van der Waals surface area contributed by atoms with Gasteiger partial charge >= 0.3 is 0 Å². The lowest BCUT2D eigenvalue weighted by Gasteiger charge is -2.17. The molecule has 0 aliphatic rings. The van der Waals surface area contributed by atoms with Crippen molar-refractivity contribution < 1.29 is 0 Å². The summed E-state index contributed by atoms with van der Waals surface area (Å²) in [5.74, 6) is 0. The number of fused-ring (bicyclic) bond motifs is 1. The average molecular weight is 278 g/mol. The van der Waals surface area contributed by atoms with Crippen LogP contribution in [-0.2, 0) is 6.54 Å². The van der Waals surface area contributed by atoms with Gasteiger partial charge in [-0.25, -0.2) is 0 Å². The van der Waals surface area contributed by atoms with Gasteiger partial charge in [0.1, 0.15) is 0 Å². The first kappa shape index (κ1) is 13.9. The number of hydrogen-bond acceptors (Lipinski definition) is 1. The van der Waals surface area contributed by atoms with Crippen molar-refractivity contribution in [3.8, 4) is 0 Å². The summed E-state index contributed by atoms with van der Waals surface area (Å²) in [4.78, 5) is 3.23. The number of aryl methyl sites for hydroxylation is 2. The van der Waals surface area contributed by atoms with Gasteiger partial charge in [-0.15, -0.1) is 0 Å². The van der Waals surface area contributed by atoms with E-state index in [1.54, 1.807) is 0 Å². The molecular formula is C19H22N2. The quantitative estimate of drug-likeness (QED) is 0.715. The maximum absolute atomic E-state index is 3.63. The summed E-state index contributed by atoms with van der Waals surface area (Å²) in [6, 6.07) is 15.7. The zero-order valence-corrected chi connectivity index (χ0v) is 12.9. The van der Waals surface area contributed by atoms with Gasteiger partial charge in [-0.3, -0.25) is 0 Å². The Balaban J connectivity index is 1.72. The van der Waals surface area contributed by atoms with Crippen LogP contribution < -0.4 is 5.32 Å². The highest BCUT2D eigenvalue weighted by atomic mass is 14.9. The Labute approximate surface area is 126 Å². The van der Waals surface area contributed by atoms with Gasteiger partial charge in [-0.1, -0.05) is 29.8 Å². The fraction of sp³-hybridized carbons (Fsp3) is 0.263. The lowest BCUT2D eigenvalue weighted by atomic mass is 10.00. The van der Waals surface area contributed by atoms with Crippen LogP contribution in [0.5, 0.6) is 0 Å². The number of hydrogen-bond donors (Lipinski definition) is 2. The van der Waals surface area contributed by atoms with E-state index in [1.165, 1.54) is 33.2 Å². The van der Waals surface area contributed by atoms with Gasteiger partial charge in [-0.05, 0) is 61.0 Å². The van der Waals surface area contributed by atoms with Crippen LogP contribution in [0.15, 0.2) is 48.7 Å². The summed E-state index contributed by atoms with van der Waals surface area (Å²) in [5, 5.41) is 4.90. The van der Waals surface area contributed by atoms with E-state index in [9.17, 15) is 0 Å². The summed E-state index contributed by atoms with van der Waals surface area (Å²) >= 11 is 0. The largest absolute Gasteiger partial charge is 0.361 e. The first-order valence-corrected chi connectivity index (χ1v) is 7.50. The third kappa shape index (κ3) is 3.01. The zero-order chi connectivity index (χ0) is 14.8. The highest BCUT2D eigenvalue weighted by molar-refractivity contribution is 5.79. The highest BCUT2D eigenvalue weighted by Gasteiger charge is 2.08. The van der Waals surface area contributed by atoms with Gasteiger partial charge in [0, 0.05) is 24.3 Å². The van der Waals surface area contributed by atoms with Gasteiger partial charge in [0.15, 0.2) is 0 Å². The number of nitrogens with one attached hydrogen (secondary N) is 2. The fourth-order valence-electron chi connectivity index (χ4n) is 2.82. The van der Waals surface area contributed by atoms with Crippen LogP contribution in [0.25, 0.3) is 10.9 Å². The third-order valence-electron chi connectivity index (χ3n) is 4.13. The van der Waals surface area contributed by atoms with Crippen molar-refractivity contribution in [3.05, 3.63) is 70.9 Å². The zero-order valence-electron chi connectivity index (χ0n) is 12.9. The first-order valence-electron chi connectivity index (χ1n) is 7.50. The Hall–Kier alpha value is -2.06. The number of benzene rings is 2. The van der Waals surface area contributed by atoms with Crippen molar-refractivity contribution >= 4 is 10.9 Å². The van der Waals surface area contributed by atoms with E-state index < -0.39 is 0 Å². The minimum absolute atomic E-state index is 0.354. The van der Waals surface area contributed by atoms with Gasteiger partial charge in [-0.2, -0.15) is 0 Å². The standard InChI is InChI=1S/C19H22N2/c1-13-4-5-14(2)18(10-13)15(3)21-12-16-6-7-19-17(11-16)8-9-20-19/h4-11,15,20-21H,12H2,1-3H3. The Morgan fingerprint density at radius 3 is 2.76 bits per heavy atom. The van der Waals surface area contributed by atoms with Crippen LogP contribution in [0.3, 0.4) is 0 Å². The molecule has 3 aromatic rings. The van der Waals surface area contributed by atoms with Crippen LogP contribution in [0.1, 0.15) is 35.2 Å². The van der Waals surface area contributed by atoms with Gasteiger partial charge in [0.2, 0.25) is 0 Å². The second-order valence-corrected chi connectivity index (χ2v) is 5.86. The fourth-order valence-corrected chi connectivity index (χ4v) is 2.82. The molecule has 21 heavy (non-hydrogen) atoms. The molecule has 2 heteroatoms. The summed E-state index contributed by atoms with van der Waals surface area (Å²) in [7, 11) is 0. The van der Waals surface area contributed by atoms with Crippen molar-refractivity contribution in [1.82, 2.24) is 10.3 Å². The van der Waals surface area contributed by atoms with Crippen LogP contribution in [0, 0.1) is 13.8 Å². The molecule has 0 radical (unpaired) electrons. The molecule has 0 saturated heterocycles. The van der Waals surface area contributed by atoms with Crippen molar-refractivity contribution in [2.75, 3.05) is 0 Å². The molecule has 3 rings (SSSR count). The number of H-pyrrole nitrogens is 1. The Kier molecular flexibility index (Phi) is 3.80. The molecule has 0 spiro atoms. The molecule has 0 bridgehead atoms. The lowest BCUT2D eigenvalue weighted by molar-refractivity contribution is 0.572. The van der Waals surface area contributed by atoms with Crippen molar-refractivity contribution in [2.45, 2.75) is 33.4 Å². The Morgan fingerprint density at radius 2 is 1.90 bits per heavy atom. The molecule has 1 aromatic heterocycles. The summed E-state index contributed by atoms with van der Waals surface area (Å²) in [6.07, 6.45) is 1.99. The summed E-state index contributed by atoms with van der Waals surface area (Å²) in [5.41, 5.74) is 6.57. The predicted octanol–water partition coefficient (Wildman–Crippen LogP) is 4.64. The van der Waals surface area contributed by atoms with Gasteiger partial charge < -0.3 is 10.3 Å². The smallest absolute Gasteiger partial charge is 0.0454 e. The van der Waals surface area contributed by atoms with Crippen molar-refractivity contribution in [1.29, 1.82) is 0 Å². The van der Waals surface area contributed by atoms with E-state index in [4.69, 9.17) is 0 Å². The van der Waals surface area contributed by atoms with Gasteiger partial charge in [0.25, 0.3) is 0 Å². The number of aromatic amines is 1. The van der Waals surface area contributed by atoms with E-state index in [0.717, 1.165) is 6.54 Å².